The molecule has 2 heterocycles. The molecule has 5 nitrogen and oxygen atoms in total. The molecule has 2 unspecified atom stereocenters. The Bertz CT molecular complexity index is 165. The molecule has 2 fully saturated rings. The topological polar surface area (TPSA) is 60.5 Å². The Kier molecular flexibility index (Phi) is 3.72. The zero-order chi connectivity index (χ0) is 9.80. The second-order valence-electron chi connectivity index (χ2n) is 3.52. The van der Waals surface area contributed by atoms with Crippen LogP contribution in [0, 0.1) is 0 Å². The monoisotopic (exact) mass is 204 g/mol. The summed E-state index contributed by atoms with van der Waals surface area (Å²) in [4.78, 5) is 0. The van der Waals surface area contributed by atoms with E-state index in [1.807, 2.05) is 0 Å². The zero-order valence-electron chi connectivity index (χ0n) is 8.05. The molecule has 0 bridgehead atoms. The first-order valence-electron chi connectivity index (χ1n) is 4.97. The molecule has 2 saturated heterocycles. The van der Waals surface area contributed by atoms with Crippen LogP contribution in [0.3, 0.4) is 0 Å². The van der Waals surface area contributed by atoms with Crippen molar-refractivity contribution in [2.75, 3.05) is 33.0 Å². The summed E-state index contributed by atoms with van der Waals surface area (Å²) in [6.07, 6.45) is -0.103. The van der Waals surface area contributed by atoms with Gasteiger partial charge in [0.25, 0.3) is 0 Å². The van der Waals surface area contributed by atoms with Crippen molar-refractivity contribution in [1.29, 1.82) is 0 Å². The molecule has 0 radical (unpaired) electrons. The highest BCUT2D eigenvalue weighted by Gasteiger charge is 2.26. The third-order valence-electron chi connectivity index (χ3n) is 2.16. The van der Waals surface area contributed by atoms with Crippen molar-refractivity contribution in [3.63, 3.8) is 0 Å². The van der Waals surface area contributed by atoms with Crippen LogP contribution in [0.15, 0.2) is 0 Å². The van der Waals surface area contributed by atoms with E-state index in [1.54, 1.807) is 0 Å². The van der Waals surface area contributed by atoms with E-state index in [0.717, 1.165) is 13.0 Å². The number of hydrogen-bond acceptors (Lipinski definition) is 5. The molecule has 0 saturated carbocycles. The molecule has 0 aromatic rings. The number of hydrogen-bond donors (Lipinski definition) is 1. The maximum Gasteiger partial charge on any atom is 0.185 e. The van der Waals surface area contributed by atoms with Crippen molar-refractivity contribution in [2.45, 2.75) is 24.9 Å². The summed E-state index contributed by atoms with van der Waals surface area (Å²) in [7, 11) is 0. The molecular weight excluding hydrogens is 188 g/mol. The summed E-state index contributed by atoms with van der Waals surface area (Å²) in [5.41, 5.74) is 0. The summed E-state index contributed by atoms with van der Waals surface area (Å²) in [6, 6.07) is 0. The number of ether oxygens (including phenoxy) is 4. The van der Waals surface area contributed by atoms with E-state index in [-0.39, 0.29) is 12.7 Å². The predicted molar refractivity (Wildman–Crippen MR) is 46.9 cm³/mol. The minimum absolute atomic E-state index is 0.232. The van der Waals surface area contributed by atoms with Gasteiger partial charge in [0, 0.05) is 0 Å². The lowest BCUT2D eigenvalue weighted by Gasteiger charge is -2.27. The van der Waals surface area contributed by atoms with Gasteiger partial charge in [-0.15, -0.1) is 0 Å². The molecular formula is C9H16O5. The summed E-state index contributed by atoms with van der Waals surface area (Å²) >= 11 is 0. The van der Waals surface area contributed by atoms with Gasteiger partial charge < -0.3 is 24.1 Å². The molecule has 14 heavy (non-hydrogen) atoms. The average molecular weight is 204 g/mol. The maximum atomic E-state index is 9.59. The Morgan fingerprint density at radius 3 is 2.64 bits per heavy atom. The Hall–Kier alpha value is -0.200. The van der Waals surface area contributed by atoms with Gasteiger partial charge in [-0.2, -0.15) is 0 Å². The van der Waals surface area contributed by atoms with Crippen LogP contribution < -0.4 is 0 Å². The van der Waals surface area contributed by atoms with Gasteiger partial charge in [-0.3, -0.25) is 0 Å². The third-order valence-corrected chi connectivity index (χ3v) is 2.16. The molecule has 0 aromatic carbocycles. The second kappa shape index (κ2) is 5.04. The van der Waals surface area contributed by atoms with Crippen LogP contribution in [0.2, 0.25) is 0 Å². The highest BCUT2D eigenvalue weighted by Crippen LogP contribution is 2.11. The fourth-order valence-corrected chi connectivity index (χ4v) is 1.29. The lowest BCUT2D eigenvalue weighted by Crippen LogP contribution is -2.39. The lowest BCUT2D eigenvalue weighted by molar-refractivity contribution is -0.231. The van der Waals surface area contributed by atoms with Gasteiger partial charge in [0.05, 0.1) is 33.0 Å². The van der Waals surface area contributed by atoms with Crippen LogP contribution in [0.4, 0.5) is 0 Å². The number of aliphatic hydroxyl groups excluding tert-OH is 1. The maximum absolute atomic E-state index is 9.59. The minimum atomic E-state index is -0.700. The molecule has 2 atom stereocenters. The van der Waals surface area contributed by atoms with Crippen LogP contribution >= 0.6 is 0 Å². The molecule has 2 aliphatic heterocycles. The van der Waals surface area contributed by atoms with Crippen molar-refractivity contribution < 1.29 is 24.1 Å². The molecule has 5 heteroatoms. The summed E-state index contributed by atoms with van der Waals surface area (Å²) in [5.74, 6) is 0. The smallest absolute Gasteiger partial charge is 0.185 e. The highest BCUT2D eigenvalue weighted by atomic mass is 16.7. The van der Waals surface area contributed by atoms with Gasteiger partial charge in [-0.1, -0.05) is 0 Å². The van der Waals surface area contributed by atoms with Gasteiger partial charge in [-0.25, -0.2) is 0 Å². The van der Waals surface area contributed by atoms with Gasteiger partial charge >= 0.3 is 0 Å². The van der Waals surface area contributed by atoms with E-state index >= 15 is 0 Å². The summed E-state index contributed by atoms with van der Waals surface area (Å²) < 4.78 is 20.7. The quantitative estimate of drug-likeness (QED) is 0.613. The molecule has 1 N–H and O–H groups in total. The van der Waals surface area contributed by atoms with Crippen molar-refractivity contribution in [3.05, 3.63) is 0 Å². The molecule has 0 aliphatic carbocycles. The van der Waals surface area contributed by atoms with Crippen molar-refractivity contribution in [2.24, 2.45) is 0 Å². The zero-order valence-corrected chi connectivity index (χ0v) is 8.05. The molecule has 0 amide bonds. The van der Waals surface area contributed by atoms with E-state index in [9.17, 15) is 5.11 Å². The molecule has 0 aromatic heterocycles. The highest BCUT2D eigenvalue weighted by molar-refractivity contribution is 4.69. The first kappa shape index (κ1) is 10.3. The molecule has 2 aliphatic rings. The van der Waals surface area contributed by atoms with Crippen LogP contribution in [0.5, 0.6) is 0 Å². The lowest BCUT2D eigenvalue weighted by atomic mass is 10.3. The second-order valence-corrected chi connectivity index (χ2v) is 3.52. The van der Waals surface area contributed by atoms with E-state index < -0.39 is 12.4 Å². The first-order valence-corrected chi connectivity index (χ1v) is 4.97. The standard InChI is InChI=1S/C9H16O5/c10-8(6-11-4-7-5-14-7)9-12-2-1-3-13-9/h7-10H,1-6H2. The van der Waals surface area contributed by atoms with Crippen molar-refractivity contribution in [1.82, 2.24) is 0 Å². The van der Waals surface area contributed by atoms with Gasteiger partial charge in [0.2, 0.25) is 0 Å². The summed E-state index contributed by atoms with van der Waals surface area (Å²) in [5, 5.41) is 9.59. The van der Waals surface area contributed by atoms with Gasteiger partial charge in [0.1, 0.15) is 12.2 Å². The third kappa shape index (κ3) is 3.18. The van der Waals surface area contributed by atoms with Gasteiger partial charge in [0.15, 0.2) is 6.29 Å². The molecule has 0 spiro atoms. The Morgan fingerprint density at radius 2 is 2.00 bits per heavy atom. The van der Waals surface area contributed by atoms with E-state index in [4.69, 9.17) is 18.9 Å². The number of rotatable bonds is 5. The number of epoxide rings is 1. The summed E-state index contributed by atoms with van der Waals surface area (Å²) in [6.45, 7) is 2.85. The SMILES string of the molecule is OC(COCC1CO1)C1OCCCO1. The average Bonchev–Trinajstić information content (AvgIpc) is 3.03. The van der Waals surface area contributed by atoms with Crippen LogP contribution in [-0.2, 0) is 18.9 Å². The minimum Gasteiger partial charge on any atom is -0.385 e. The first-order chi connectivity index (χ1) is 6.86. The van der Waals surface area contributed by atoms with Crippen LogP contribution in [0.1, 0.15) is 6.42 Å². The van der Waals surface area contributed by atoms with Gasteiger partial charge in [-0.05, 0) is 6.42 Å². The Labute approximate surface area is 82.9 Å². The predicted octanol–water partition coefficient (Wildman–Crippen LogP) is -0.474. The number of aliphatic hydroxyl groups is 1. The van der Waals surface area contributed by atoms with Crippen LogP contribution in [-0.4, -0.2) is 56.6 Å². The van der Waals surface area contributed by atoms with E-state index in [0.29, 0.717) is 19.8 Å². The van der Waals surface area contributed by atoms with Crippen molar-refractivity contribution in [3.8, 4) is 0 Å². The fraction of sp³-hybridized carbons (Fsp3) is 1.00. The largest absolute Gasteiger partial charge is 0.385 e. The Balaban J connectivity index is 1.57. The fourth-order valence-electron chi connectivity index (χ4n) is 1.29. The molecule has 82 valence electrons. The Morgan fingerprint density at radius 1 is 1.29 bits per heavy atom. The normalized spacial score (nSPS) is 30.2. The molecule has 2 rings (SSSR count). The van der Waals surface area contributed by atoms with Crippen LogP contribution in [0.25, 0.3) is 0 Å². The van der Waals surface area contributed by atoms with E-state index in [1.165, 1.54) is 0 Å². The van der Waals surface area contributed by atoms with Crippen molar-refractivity contribution >= 4 is 0 Å². The van der Waals surface area contributed by atoms with E-state index in [2.05, 4.69) is 0 Å².